The second-order valence-electron chi connectivity index (χ2n) is 5.19. The van der Waals surface area contributed by atoms with Gasteiger partial charge in [-0.2, -0.15) is 0 Å². The highest BCUT2D eigenvalue weighted by atomic mass is 79.9. The molecule has 0 saturated heterocycles. The van der Waals surface area contributed by atoms with Gasteiger partial charge < -0.3 is 5.73 Å². The molecule has 1 unspecified atom stereocenters. The third kappa shape index (κ3) is 3.26. The van der Waals surface area contributed by atoms with Gasteiger partial charge in [-0.1, -0.05) is 46.3 Å². The predicted molar refractivity (Wildman–Crippen MR) is 85.4 cm³/mol. The lowest BCUT2D eigenvalue weighted by Crippen LogP contribution is -2.15. The normalized spacial score (nSPS) is 12.5. The molecule has 2 N–H and O–H groups in total. The Hall–Kier alpha value is -1.12. The molecule has 0 aliphatic heterocycles. The zero-order valence-corrected chi connectivity index (χ0v) is 13.3. The van der Waals surface area contributed by atoms with Gasteiger partial charge in [0.05, 0.1) is 0 Å². The van der Waals surface area contributed by atoms with Gasteiger partial charge in [-0.3, -0.25) is 0 Å². The van der Waals surface area contributed by atoms with Crippen molar-refractivity contribution in [2.24, 2.45) is 5.73 Å². The van der Waals surface area contributed by atoms with E-state index in [9.17, 15) is 0 Å². The molecule has 0 aliphatic carbocycles. The minimum Gasteiger partial charge on any atom is -0.324 e. The molecule has 2 heteroatoms. The lowest BCUT2D eigenvalue weighted by atomic mass is 9.93. The van der Waals surface area contributed by atoms with Crippen LogP contribution in [0.15, 0.2) is 40.9 Å². The van der Waals surface area contributed by atoms with E-state index >= 15 is 0 Å². The summed E-state index contributed by atoms with van der Waals surface area (Å²) in [5.41, 5.74) is 12.8. The van der Waals surface area contributed by atoms with Gasteiger partial charge >= 0.3 is 0 Å². The number of hydrogen-bond acceptors (Lipinski definition) is 1. The van der Waals surface area contributed by atoms with Crippen LogP contribution in [0.1, 0.15) is 33.9 Å². The SMILES string of the molecule is Cc1ccc(C(N)Cc2c(C)cccc2C)cc1Br. The number of rotatable bonds is 3. The van der Waals surface area contributed by atoms with Crippen molar-refractivity contribution in [3.05, 3.63) is 68.7 Å². The molecule has 0 amide bonds. The largest absolute Gasteiger partial charge is 0.324 e. The molecular formula is C17H20BrN. The van der Waals surface area contributed by atoms with Crippen LogP contribution in [0.25, 0.3) is 0 Å². The molecule has 0 aromatic heterocycles. The van der Waals surface area contributed by atoms with Crippen LogP contribution in [0.5, 0.6) is 0 Å². The summed E-state index contributed by atoms with van der Waals surface area (Å²) in [6, 6.07) is 12.8. The zero-order valence-electron chi connectivity index (χ0n) is 11.7. The van der Waals surface area contributed by atoms with Gasteiger partial charge in [0.2, 0.25) is 0 Å². The summed E-state index contributed by atoms with van der Waals surface area (Å²) >= 11 is 3.57. The molecule has 2 rings (SSSR count). The van der Waals surface area contributed by atoms with Gasteiger partial charge in [-0.05, 0) is 61.1 Å². The third-order valence-electron chi connectivity index (χ3n) is 3.69. The smallest absolute Gasteiger partial charge is 0.0336 e. The zero-order chi connectivity index (χ0) is 14.0. The Bertz CT molecular complexity index is 570. The quantitative estimate of drug-likeness (QED) is 0.878. The van der Waals surface area contributed by atoms with Crippen LogP contribution in [0.2, 0.25) is 0 Å². The van der Waals surface area contributed by atoms with E-state index in [0.717, 1.165) is 10.9 Å². The lowest BCUT2D eigenvalue weighted by molar-refractivity contribution is 0.715. The van der Waals surface area contributed by atoms with E-state index in [0.29, 0.717) is 0 Å². The highest BCUT2D eigenvalue weighted by Crippen LogP contribution is 2.25. The van der Waals surface area contributed by atoms with Crippen molar-refractivity contribution in [2.45, 2.75) is 33.2 Å². The van der Waals surface area contributed by atoms with E-state index in [1.54, 1.807) is 0 Å². The minimum absolute atomic E-state index is 0.0386. The first-order chi connectivity index (χ1) is 8.99. The molecule has 0 fully saturated rings. The molecule has 0 heterocycles. The average molecular weight is 318 g/mol. The standard InChI is InChI=1S/C17H20BrN/c1-11-5-4-6-12(2)15(11)10-17(19)14-8-7-13(3)16(18)9-14/h4-9,17H,10,19H2,1-3H3. The highest BCUT2D eigenvalue weighted by Gasteiger charge is 2.11. The fourth-order valence-corrected chi connectivity index (χ4v) is 2.74. The summed E-state index contributed by atoms with van der Waals surface area (Å²) in [5, 5.41) is 0. The first kappa shape index (κ1) is 14.3. The Morgan fingerprint density at radius 1 is 1.00 bits per heavy atom. The van der Waals surface area contributed by atoms with E-state index in [-0.39, 0.29) is 6.04 Å². The number of aryl methyl sites for hydroxylation is 3. The first-order valence-corrected chi connectivity index (χ1v) is 7.35. The molecule has 0 radical (unpaired) electrons. The maximum absolute atomic E-state index is 6.36. The Morgan fingerprint density at radius 2 is 1.63 bits per heavy atom. The Labute approximate surface area is 124 Å². The number of halogens is 1. The number of nitrogens with two attached hydrogens (primary N) is 1. The molecule has 0 aliphatic rings. The summed E-state index contributed by atoms with van der Waals surface area (Å²) in [6.45, 7) is 6.39. The van der Waals surface area contributed by atoms with Crippen molar-refractivity contribution in [1.82, 2.24) is 0 Å². The molecule has 1 nitrogen and oxygen atoms in total. The number of hydrogen-bond donors (Lipinski definition) is 1. The Balaban J connectivity index is 2.25. The van der Waals surface area contributed by atoms with E-state index in [4.69, 9.17) is 5.73 Å². The van der Waals surface area contributed by atoms with Gasteiger partial charge in [0.25, 0.3) is 0 Å². The molecule has 100 valence electrons. The molecule has 1 atom stereocenters. The molecule has 19 heavy (non-hydrogen) atoms. The van der Waals surface area contributed by atoms with Crippen LogP contribution in [-0.2, 0) is 6.42 Å². The second-order valence-corrected chi connectivity index (χ2v) is 6.04. The Kier molecular flexibility index (Phi) is 4.43. The van der Waals surface area contributed by atoms with Crippen molar-refractivity contribution in [2.75, 3.05) is 0 Å². The summed E-state index contributed by atoms with van der Waals surface area (Å²) < 4.78 is 1.13. The van der Waals surface area contributed by atoms with Gasteiger partial charge in [-0.25, -0.2) is 0 Å². The van der Waals surface area contributed by atoms with Crippen molar-refractivity contribution >= 4 is 15.9 Å². The number of benzene rings is 2. The van der Waals surface area contributed by atoms with Crippen molar-refractivity contribution in [3.8, 4) is 0 Å². The monoisotopic (exact) mass is 317 g/mol. The van der Waals surface area contributed by atoms with E-state index in [1.165, 1.54) is 27.8 Å². The van der Waals surface area contributed by atoms with Crippen LogP contribution in [0.4, 0.5) is 0 Å². The maximum Gasteiger partial charge on any atom is 0.0336 e. The van der Waals surface area contributed by atoms with Crippen molar-refractivity contribution < 1.29 is 0 Å². The fraction of sp³-hybridized carbons (Fsp3) is 0.294. The third-order valence-corrected chi connectivity index (χ3v) is 4.55. The van der Waals surface area contributed by atoms with Crippen molar-refractivity contribution in [3.63, 3.8) is 0 Å². The minimum atomic E-state index is 0.0386. The van der Waals surface area contributed by atoms with Gasteiger partial charge in [0.15, 0.2) is 0 Å². The molecule has 0 spiro atoms. The molecule has 0 saturated carbocycles. The van der Waals surface area contributed by atoms with Crippen LogP contribution in [0, 0.1) is 20.8 Å². The lowest BCUT2D eigenvalue weighted by Gasteiger charge is -2.16. The average Bonchev–Trinajstić information content (AvgIpc) is 2.37. The van der Waals surface area contributed by atoms with Crippen LogP contribution >= 0.6 is 15.9 Å². The highest BCUT2D eigenvalue weighted by molar-refractivity contribution is 9.10. The topological polar surface area (TPSA) is 26.0 Å². The molecule has 2 aromatic carbocycles. The predicted octanol–water partition coefficient (Wildman–Crippen LogP) is 4.62. The summed E-state index contributed by atoms with van der Waals surface area (Å²) in [7, 11) is 0. The van der Waals surface area contributed by atoms with Crippen molar-refractivity contribution in [1.29, 1.82) is 0 Å². The second kappa shape index (κ2) is 5.89. The maximum atomic E-state index is 6.36. The molecule has 0 bridgehead atoms. The Morgan fingerprint density at radius 3 is 2.21 bits per heavy atom. The van der Waals surface area contributed by atoms with Crippen LogP contribution < -0.4 is 5.73 Å². The molecule has 2 aromatic rings. The van der Waals surface area contributed by atoms with Crippen LogP contribution in [0.3, 0.4) is 0 Å². The summed E-state index contributed by atoms with van der Waals surface area (Å²) in [6.07, 6.45) is 0.883. The van der Waals surface area contributed by atoms with E-state index in [1.807, 2.05) is 0 Å². The summed E-state index contributed by atoms with van der Waals surface area (Å²) in [4.78, 5) is 0. The van der Waals surface area contributed by atoms with Gasteiger partial charge in [-0.15, -0.1) is 0 Å². The first-order valence-electron chi connectivity index (χ1n) is 6.55. The fourth-order valence-electron chi connectivity index (χ4n) is 2.35. The summed E-state index contributed by atoms with van der Waals surface area (Å²) in [5.74, 6) is 0. The van der Waals surface area contributed by atoms with Gasteiger partial charge in [0.1, 0.15) is 0 Å². The van der Waals surface area contributed by atoms with Crippen LogP contribution in [-0.4, -0.2) is 0 Å². The van der Waals surface area contributed by atoms with E-state index < -0.39 is 0 Å². The van der Waals surface area contributed by atoms with Gasteiger partial charge in [0, 0.05) is 10.5 Å². The molecular weight excluding hydrogens is 298 g/mol. The van der Waals surface area contributed by atoms with E-state index in [2.05, 4.69) is 73.1 Å².